The fraction of sp³-hybridized carbons (Fsp3) is 0.278. The molecule has 0 aromatic carbocycles. The van der Waals surface area contributed by atoms with Gasteiger partial charge in [-0.25, -0.2) is 9.97 Å². The summed E-state index contributed by atoms with van der Waals surface area (Å²) in [5.74, 6) is -0.664. The molecule has 0 saturated heterocycles. The number of nitrogens with zero attached hydrogens (tertiary/aromatic N) is 3. The summed E-state index contributed by atoms with van der Waals surface area (Å²) in [5.41, 5.74) is 1.55. The number of hydrogen-bond donors (Lipinski definition) is 2. The van der Waals surface area contributed by atoms with Crippen molar-refractivity contribution in [2.75, 3.05) is 18.4 Å². The molecule has 0 atom stereocenters. The van der Waals surface area contributed by atoms with Crippen molar-refractivity contribution in [3.8, 4) is 0 Å². The van der Waals surface area contributed by atoms with Gasteiger partial charge in [0.15, 0.2) is 5.69 Å². The van der Waals surface area contributed by atoms with Gasteiger partial charge in [0.05, 0.1) is 16.6 Å². The first-order chi connectivity index (χ1) is 13.7. The largest absolute Gasteiger partial charge is 0.434 e. The van der Waals surface area contributed by atoms with E-state index in [1.807, 2.05) is 11.0 Å². The number of amides is 1. The highest BCUT2D eigenvalue weighted by molar-refractivity contribution is 6.31. The van der Waals surface area contributed by atoms with Crippen LogP contribution in [0.3, 0.4) is 0 Å². The van der Waals surface area contributed by atoms with E-state index in [1.54, 1.807) is 6.20 Å². The molecule has 3 aromatic heterocycles. The summed E-state index contributed by atoms with van der Waals surface area (Å²) in [5, 5.41) is 3.39. The van der Waals surface area contributed by atoms with E-state index in [1.165, 1.54) is 6.07 Å². The Hall–Kier alpha value is -2.36. The van der Waals surface area contributed by atoms with E-state index in [4.69, 9.17) is 23.2 Å². The monoisotopic (exact) mass is 443 g/mol. The van der Waals surface area contributed by atoms with Crippen LogP contribution in [0.2, 0.25) is 10.0 Å². The summed E-state index contributed by atoms with van der Waals surface area (Å²) >= 11 is 11.6. The topological polar surface area (TPSA) is 73.9 Å². The third-order valence-corrected chi connectivity index (χ3v) is 5.13. The lowest BCUT2D eigenvalue weighted by Crippen LogP contribution is -2.37. The highest BCUT2D eigenvalue weighted by Gasteiger charge is 2.35. The number of fused-ring (bicyclic) bond motifs is 3. The van der Waals surface area contributed by atoms with Crippen LogP contribution in [0, 0.1) is 0 Å². The van der Waals surface area contributed by atoms with Crippen LogP contribution in [0.4, 0.5) is 19.0 Å². The molecule has 152 valence electrons. The Labute approximate surface area is 173 Å². The van der Waals surface area contributed by atoms with Gasteiger partial charge in [-0.1, -0.05) is 23.2 Å². The van der Waals surface area contributed by atoms with E-state index in [9.17, 15) is 18.0 Å². The van der Waals surface area contributed by atoms with Gasteiger partial charge in [-0.15, -0.1) is 0 Å². The van der Waals surface area contributed by atoms with Crippen LogP contribution in [-0.4, -0.2) is 38.8 Å². The third kappa shape index (κ3) is 4.17. The average Bonchev–Trinajstić information content (AvgIpc) is 2.99. The highest BCUT2D eigenvalue weighted by Crippen LogP contribution is 2.34. The van der Waals surface area contributed by atoms with Gasteiger partial charge in [0.1, 0.15) is 11.5 Å². The Kier molecular flexibility index (Phi) is 5.14. The molecular weight excluding hydrogens is 430 g/mol. The minimum atomic E-state index is -4.70. The van der Waals surface area contributed by atoms with Crippen molar-refractivity contribution in [2.45, 2.75) is 19.1 Å². The number of rotatable bonds is 3. The lowest BCUT2D eigenvalue weighted by molar-refractivity contribution is -0.141. The molecule has 11 heteroatoms. The standard InChI is InChI=1S/C18H14Cl2F3N5O/c19-9-5-11-10-3-4-28(7-13(10)25-17(11)24-6-9)8-15(29)26-14-2-1-12(20)16(27-14)18(21,22)23/h1-2,5-6H,3-4,7-8H2,(H,24,25)(H,26,27,29). The Balaban J connectivity index is 1.44. The molecule has 0 unspecified atom stereocenters. The molecule has 0 fully saturated rings. The summed E-state index contributed by atoms with van der Waals surface area (Å²) in [6.45, 7) is 1.11. The Bertz CT molecular complexity index is 1100. The van der Waals surface area contributed by atoms with Gasteiger partial charge in [-0.3, -0.25) is 9.69 Å². The second-order valence-corrected chi connectivity index (χ2v) is 7.51. The van der Waals surface area contributed by atoms with Crippen molar-refractivity contribution in [2.24, 2.45) is 0 Å². The van der Waals surface area contributed by atoms with E-state index in [0.717, 1.165) is 28.4 Å². The van der Waals surface area contributed by atoms with E-state index in [-0.39, 0.29) is 12.4 Å². The summed E-state index contributed by atoms with van der Waals surface area (Å²) in [4.78, 5) is 25.1. The number of pyridine rings is 2. The van der Waals surface area contributed by atoms with E-state index in [0.29, 0.717) is 24.5 Å². The predicted octanol–water partition coefficient (Wildman–Crippen LogP) is 4.28. The maximum Gasteiger partial charge on any atom is 0.434 e. The molecule has 1 amide bonds. The number of alkyl halides is 3. The van der Waals surface area contributed by atoms with Crippen molar-refractivity contribution >= 4 is 46.0 Å². The molecule has 0 radical (unpaired) electrons. The maximum absolute atomic E-state index is 12.9. The molecule has 4 rings (SSSR count). The Morgan fingerprint density at radius 2 is 2.10 bits per heavy atom. The summed E-state index contributed by atoms with van der Waals surface area (Å²) in [6.07, 6.45) is -2.44. The van der Waals surface area contributed by atoms with Crippen LogP contribution in [0.5, 0.6) is 0 Å². The number of aromatic amines is 1. The van der Waals surface area contributed by atoms with Crippen LogP contribution in [0.25, 0.3) is 11.0 Å². The maximum atomic E-state index is 12.9. The molecular formula is C18H14Cl2F3N5O. The number of hydrogen-bond acceptors (Lipinski definition) is 4. The van der Waals surface area contributed by atoms with Gasteiger partial charge in [-0.2, -0.15) is 13.2 Å². The average molecular weight is 444 g/mol. The molecule has 0 saturated carbocycles. The quantitative estimate of drug-likeness (QED) is 0.633. The first-order valence-corrected chi connectivity index (χ1v) is 9.37. The number of H-pyrrole nitrogens is 1. The number of carbonyl (C=O) groups excluding carboxylic acids is 1. The number of aromatic nitrogens is 3. The molecule has 3 aromatic rings. The molecule has 2 N–H and O–H groups in total. The van der Waals surface area contributed by atoms with Gasteiger partial charge in [0.2, 0.25) is 5.91 Å². The van der Waals surface area contributed by atoms with Gasteiger partial charge in [-0.05, 0) is 30.2 Å². The number of anilines is 1. The molecule has 6 nitrogen and oxygen atoms in total. The van der Waals surface area contributed by atoms with Crippen LogP contribution < -0.4 is 5.32 Å². The second-order valence-electron chi connectivity index (χ2n) is 6.67. The lowest BCUT2D eigenvalue weighted by atomic mass is 10.0. The molecule has 4 heterocycles. The second kappa shape index (κ2) is 7.47. The summed E-state index contributed by atoms with van der Waals surface area (Å²) in [7, 11) is 0. The summed E-state index contributed by atoms with van der Waals surface area (Å²) in [6, 6.07) is 4.14. The van der Waals surface area contributed by atoms with Gasteiger partial charge < -0.3 is 10.3 Å². The van der Waals surface area contributed by atoms with Crippen LogP contribution in [0.15, 0.2) is 24.4 Å². The molecule has 29 heavy (non-hydrogen) atoms. The fourth-order valence-electron chi connectivity index (χ4n) is 3.37. The predicted molar refractivity (Wildman–Crippen MR) is 103 cm³/mol. The Morgan fingerprint density at radius 3 is 2.86 bits per heavy atom. The fourth-order valence-corrected chi connectivity index (χ4v) is 3.74. The molecule has 0 bridgehead atoms. The highest BCUT2D eigenvalue weighted by atomic mass is 35.5. The van der Waals surface area contributed by atoms with Gasteiger partial charge >= 0.3 is 6.18 Å². The van der Waals surface area contributed by atoms with Crippen LogP contribution >= 0.6 is 23.2 Å². The normalized spacial score (nSPS) is 14.8. The van der Waals surface area contributed by atoms with Crippen molar-refractivity contribution < 1.29 is 18.0 Å². The van der Waals surface area contributed by atoms with E-state index < -0.39 is 22.8 Å². The molecule has 1 aliphatic heterocycles. The van der Waals surface area contributed by atoms with E-state index >= 15 is 0 Å². The molecule has 0 aliphatic carbocycles. The van der Waals surface area contributed by atoms with Crippen molar-refractivity contribution in [3.05, 3.63) is 51.4 Å². The van der Waals surface area contributed by atoms with Crippen LogP contribution in [0.1, 0.15) is 17.0 Å². The minimum absolute atomic E-state index is 0.00858. The zero-order chi connectivity index (χ0) is 20.8. The van der Waals surface area contributed by atoms with Gasteiger partial charge in [0.25, 0.3) is 0 Å². The SMILES string of the molecule is O=C(CN1CCc2c([nH]c3ncc(Cl)cc23)C1)Nc1ccc(Cl)c(C(F)(F)F)n1. The smallest absolute Gasteiger partial charge is 0.342 e. The van der Waals surface area contributed by atoms with Crippen molar-refractivity contribution in [1.82, 2.24) is 19.9 Å². The third-order valence-electron chi connectivity index (χ3n) is 4.62. The number of carbonyl (C=O) groups is 1. The van der Waals surface area contributed by atoms with Gasteiger partial charge in [0, 0.05) is 30.4 Å². The van der Waals surface area contributed by atoms with Crippen molar-refractivity contribution in [3.63, 3.8) is 0 Å². The Morgan fingerprint density at radius 1 is 1.31 bits per heavy atom. The molecule has 1 aliphatic rings. The molecule has 0 spiro atoms. The first kappa shape index (κ1) is 19.9. The minimum Gasteiger partial charge on any atom is -0.342 e. The summed E-state index contributed by atoms with van der Waals surface area (Å²) < 4.78 is 38.7. The number of nitrogens with one attached hydrogen (secondary N) is 2. The van der Waals surface area contributed by atoms with Crippen LogP contribution in [-0.2, 0) is 23.9 Å². The zero-order valence-corrected chi connectivity index (χ0v) is 16.3. The lowest BCUT2D eigenvalue weighted by Gasteiger charge is -2.26. The van der Waals surface area contributed by atoms with Crippen molar-refractivity contribution in [1.29, 1.82) is 0 Å². The number of halogens is 5. The first-order valence-electron chi connectivity index (χ1n) is 8.61. The zero-order valence-electron chi connectivity index (χ0n) is 14.8. The van der Waals surface area contributed by atoms with E-state index in [2.05, 4.69) is 20.3 Å².